The molecule has 0 aromatic heterocycles. The van der Waals surface area contributed by atoms with E-state index in [1.165, 1.54) is 23.5 Å². The maximum Gasteiger partial charge on any atom is 0.282 e. The molecule has 72 heavy (non-hydrogen) atoms. The number of carbonyl (C=O) groups excluding carboxylic acids is 4. The van der Waals surface area contributed by atoms with Crippen molar-refractivity contribution in [3.8, 4) is 11.5 Å². The Morgan fingerprint density at radius 1 is 0.583 bits per heavy atom. The summed E-state index contributed by atoms with van der Waals surface area (Å²) in [5.41, 5.74) is 4.17. The zero-order chi connectivity index (χ0) is 51.1. The standard InChI is InChI=1S/2C28H38N2O5S/c2*1-20-9-7-5-4-6-8-10-24-16-22(29-26(31)15-20)17-28(34-3,35-24)25-19-36-27(32)30(25)18-21-11-13-23(33-2)14-12-21/h2*4-5,11-15,22,24-25H,6-10,16-19H2,1-3H3,(H,29,31)/b5-4+,20-15-;5-4-,20-15-/t2*22-,24?,25+,28-/m11/s1. The molecular weight excluding hydrogens is 953 g/mol. The summed E-state index contributed by atoms with van der Waals surface area (Å²) >= 11 is 2.60. The topological polar surface area (TPSA) is 154 Å². The summed E-state index contributed by atoms with van der Waals surface area (Å²) < 4.78 is 36.3. The Balaban J connectivity index is 0.000000211. The fourth-order valence-electron chi connectivity index (χ4n) is 10.7. The van der Waals surface area contributed by atoms with Crippen LogP contribution in [0, 0.1) is 0 Å². The van der Waals surface area contributed by atoms with Crippen molar-refractivity contribution in [2.24, 2.45) is 0 Å². The second-order valence-corrected chi connectivity index (χ2v) is 21.7. The second kappa shape index (κ2) is 26.6. The second-order valence-electron chi connectivity index (χ2n) is 19.8. The SMILES string of the molecule is COc1ccc(CN2C(=O)SC[C@H]2[C@@]2(OC)C[C@H]3CC(CCC/C=C/CC/C(C)=C\C(=O)N3)O2)cc1.COc1ccc(CN2C(=O)SC[C@H]2[C@@]2(OC)C[C@H]3CC(CCC/C=C\CC/C(C)=C\C(=O)N3)O2)cc1. The van der Waals surface area contributed by atoms with Crippen molar-refractivity contribution >= 4 is 45.8 Å². The van der Waals surface area contributed by atoms with E-state index in [1.807, 2.05) is 72.2 Å². The molecular formula is C56H76N4O10S2. The van der Waals surface area contributed by atoms with Gasteiger partial charge in [-0.2, -0.15) is 0 Å². The Labute approximate surface area is 435 Å². The highest BCUT2D eigenvalue weighted by Crippen LogP contribution is 2.44. The number of allylic oxidation sites excluding steroid dienone is 6. The van der Waals surface area contributed by atoms with E-state index in [0.29, 0.717) is 37.4 Å². The average Bonchev–Trinajstić information content (AvgIpc) is 3.93. The lowest BCUT2D eigenvalue weighted by molar-refractivity contribution is -0.294. The van der Waals surface area contributed by atoms with Crippen LogP contribution in [-0.4, -0.2) is 120 Å². The van der Waals surface area contributed by atoms with Crippen molar-refractivity contribution in [2.45, 2.75) is 165 Å². The summed E-state index contributed by atoms with van der Waals surface area (Å²) in [6.45, 7) is 4.93. The smallest absolute Gasteiger partial charge is 0.282 e. The quantitative estimate of drug-likeness (QED) is 0.218. The maximum absolute atomic E-state index is 13.0. The maximum atomic E-state index is 13.0. The summed E-state index contributed by atoms with van der Waals surface area (Å²) in [5, 5.41) is 6.47. The number of nitrogens with one attached hydrogen (secondary N) is 2. The molecule has 2 N–H and O–H groups in total. The molecule has 8 atom stereocenters. The van der Waals surface area contributed by atoms with Gasteiger partial charge in [-0.05, 0) is 126 Å². The molecule has 4 amide bonds. The molecule has 4 fully saturated rings. The highest BCUT2D eigenvalue weighted by molar-refractivity contribution is 8.14. The van der Waals surface area contributed by atoms with Gasteiger partial charge in [-0.25, -0.2) is 0 Å². The van der Waals surface area contributed by atoms with Crippen molar-refractivity contribution in [2.75, 3.05) is 39.9 Å². The van der Waals surface area contributed by atoms with Crippen molar-refractivity contribution in [1.29, 1.82) is 0 Å². The molecule has 6 heterocycles. The highest BCUT2D eigenvalue weighted by Gasteiger charge is 2.55. The molecule has 6 aliphatic heterocycles. The van der Waals surface area contributed by atoms with E-state index in [4.69, 9.17) is 28.4 Å². The predicted octanol–water partition coefficient (Wildman–Crippen LogP) is 10.4. The van der Waals surface area contributed by atoms with Crippen molar-refractivity contribution in [3.05, 3.63) is 107 Å². The number of ether oxygens (including phenoxy) is 6. The van der Waals surface area contributed by atoms with E-state index in [-0.39, 0.29) is 58.7 Å². The molecule has 14 nitrogen and oxygen atoms in total. The Bertz CT molecular complexity index is 2110. The third-order valence-corrected chi connectivity index (χ3v) is 16.5. The van der Waals surface area contributed by atoms with Gasteiger partial charge >= 0.3 is 0 Å². The fraction of sp³-hybridized carbons (Fsp3) is 0.571. The van der Waals surface area contributed by atoms with E-state index < -0.39 is 11.6 Å². The number of methoxy groups -OCH3 is 4. The minimum Gasteiger partial charge on any atom is -0.497 e. The van der Waals surface area contributed by atoms with E-state index in [2.05, 4.69) is 34.9 Å². The van der Waals surface area contributed by atoms with E-state index in [0.717, 1.165) is 111 Å². The average molecular weight is 1030 g/mol. The molecule has 0 radical (unpaired) electrons. The van der Waals surface area contributed by atoms with Gasteiger partial charge in [0.15, 0.2) is 11.6 Å². The van der Waals surface area contributed by atoms with Crippen LogP contribution in [0.25, 0.3) is 0 Å². The predicted molar refractivity (Wildman–Crippen MR) is 284 cm³/mol. The molecule has 4 bridgehead atoms. The van der Waals surface area contributed by atoms with Crippen LogP contribution in [0.5, 0.6) is 11.5 Å². The molecule has 0 saturated carbocycles. The lowest BCUT2D eigenvalue weighted by Gasteiger charge is -2.48. The summed E-state index contributed by atoms with van der Waals surface area (Å²) in [7, 11) is 6.59. The van der Waals surface area contributed by atoms with Gasteiger partial charge in [0.1, 0.15) is 11.5 Å². The number of fused-ring (bicyclic) bond motifs is 4. The van der Waals surface area contributed by atoms with Gasteiger partial charge in [0.05, 0.1) is 38.5 Å². The molecule has 0 aliphatic carbocycles. The number of hydrogen-bond donors (Lipinski definition) is 2. The molecule has 2 aromatic rings. The number of thioether (sulfide) groups is 2. The lowest BCUT2D eigenvalue weighted by Crippen LogP contribution is -2.62. The zero-order valence-electron chi connectivity index (χ0n) is 43.1. The Hall–Kier alpha value is -4.58. The van der Waals surface area contributed by atoms with Crippen LogP contribution in [-0.2, 0) is 41.6 Å². The summed E-state index contributed by atoms with van der Waals surface area (Å²) in [4.78, 5) is 55.4. The molecule has 0 spiro atoms. The molecule has 6 aliphatic rings. The van der Waals surface area contributed by atoms with Gasteiger partial charge in [0.2, 0.25) is 11.8 Å². The van der Waals surface area contributed by atoms with Crippen LogP contribution in [0.3, 0.4) is 0 Å². The van der Waals surface area contributed by atoms with Crippen molar-refractivity contribution < 1.29 is 47.6 Å². The van der Waals surface area contributed by atoms with Gasteiger partial charge in [0.25, 0.3) is 10.5 Å². The van der Waals surface area contributed by atoms with Gasteiger partial charge in [0, 0.05) is 75.9 Å². The zero-order valence-corrected chi connectivity index (χ0v) is 44.7. The third-order valence-electron chi connectivity index (χ3n) is 14.6. The molecule has 2 unspecified atom stereocenters. The largest absolute Gasteiger partial charge is 0.497 e. The minimum atomic E-state index is -0.988. The lowest BCUT2D eigenvalue weighted by atomic mass is 9.89. The van der Waals surface area contributed by atoms with Crippen molar-refractivity contribution in [3.63, 3.8) is 0 Å². The summed E-state index contributed by atoms with van der Waals surface area (Å²) in [6, 6.07) is 14.8. The first kappa shape index (κ1) is 55.2. The van der Waals surface area contributed by atoms with E-state index >= 15 is 0 Å². The monoisotopic (exact) mass is 1030 g/mol. The number of nitrogens with zero attached hydrogens (tertiary/aromatic N) is 2. The highest BCUT2D eigenvalue weighted by atomic mass is 32.2. The summed E-state index contributed by atoms with van der Waals surface area (Å²) in [6.07, 6.45) is 24.0. The number of hydrogen-bond acceptors (Lipinski definition) is 12. The van der Waals surface area contributed by atoms with Crippen molar-refractivity contribution in [1.82, 2.24) is 20.4 Å². The normalized spacial score (nSPS) is 32.2. The van der Waals surface area contributed by atoms with Gasteiger partial charge < -0.3 is 48.9 Å². The first-order valence-electron chi connectivity index (χ1n) is 25.7. The van der Waals surface area contributed by atoms with Gasteiger partial charge in [-0.3, -0.25) is 19.2 Å². The first-order valence-corrected chi connectivity index (χ1v) is 27.7. The van der Waals surface area contributed by atoms with Crippen LogP contribution in [0.15, 0.2) is 96.1 Å². The van der Waals surface area contributed by atoms with E-state index in [1.54, 1.807) is 40.6 Å². The number of rotatable bonds is 10. The van der Waals surface area contributed by atoms with Gasteiger partial charge in [-0.1, -0.05) is 83.2 Å². The van der Waals surface area contributed by atoms with Crippen LogP contribution in [0.1, 0.15) is 115 Å². The van der Waals surface area contributed by atoms with Crippen LogP contribution in [0.2, 0.25) is 0 Å². The Morgan fingerprint density at radius 3 is 1.35 bits per heavy atom. The minimum absolute atomic E-state index is 0.0180. The molecule has 392 valence electrons. The van der Waals surface area contributed by atoms with Crippen LogP contribution in [0.4, 0.5) is 9.59 Å². The number of carbonyl (C=O) groups is 4. The van der Waals surface area contributed by atoms with Crippen LogP contribution < -0.4 is 20.1 Å². The molecule has 2 aromatic carbocycles. The number of amides is 4. The Kier molecular flexibility index (Phi) is 20.4. The number of benzene rings is 2. The third kappa shape index (κ3) is 14.8. The fourth-order valence-corrected chi connectivity index (χ4v) is 12.9. The molecule has 4 saturated heterocycles. The summed E-state index contributed by atoms with van der Waals surface area (Å²) in [5.74, 6) is 0.599. The van der Waals surface area contributed by atoms with Crippen LogP contribution >= 0.6 is 23.5 Å². The van der Waals surface area contributed by atoms with Gasteiger partial charge in [-0.15, -0.1) is 0 Å². The van der Waals surface area contributed by atoms with E-state index in [9.17, 15) is 19.2 Å². The molecule has 16 heteroatoms. The Morgan fingerprint density at radius 2 is 0.972 bits per heavy atom. The molecule has 8 rings (SSSR count). The first-order chi connectivity index (χ1) is 34.8.